The van der Waals surface area contributed by atoms with Gasteiger partial charge in [-0.15, -0.1) is 6.58 Å². The van der Waals surface area contributed by atoms with Gasteiger partial charge in [0.1, 0.15) is 54.3 Å². The van der Waals surface area contributed by atoms with Gasteiger partial charge in [-0.1, -0.05) is 24.3 Å². The Labute approximate surface area is 353 Å². The van der Waals surface area contributed by atoms with Gasteiger partial charge < -0.3 is 50.8 Å². The van der Waals surface area contributed by atoms with Gasteiger partial charge >= 0.3 is 27.3 Å². The molecule has 3 aromatic heterocycles. The zero-order valence-electron chi connectivity index (χ0n) is 31.2. The number of allylic oxidation sites excluding steroid dienone is 1. The van der Waals surface area contributed by atoms with Crippen molar-refractivity contribution < 1.29 is 66.3 Å². The van der Waals surface area contributed by atoms with Crippen LogP contribution in [-0.4, -0.2) is 111 Å². The summed E-state index contributed by atoms with van der Waals surface area (Å²) in [5, 5.41) is 14.4. The van der Waals surface area contributed by atoms with Crippen molar-refractivity contribution >= 4 is 72.9 Å². The van der Waals surface area contributed by atoms with Crippen molar-refractivity contribution in [2.75, 3.05) is 24.7 Å². The minimum absolute atomic E-state index is 0.00994. The topological polar surface area (TPSA) is 347 Å². The quantitative estimate of drug-likeness (QED) is 0.0311. The fourth-order valence-corrected chi connectivity index (χ4v) is 8.30. The maximum Gasteiger partial charge on any atom is 0.472 e. The summed E-state index contributed by atoms with van der Waals surface area (Å²) in [4.78, 5) is 84.8. The highest BCUT2D eigenvalue weighted by molar-refractivity contribution is 14.1. The number of carbonyl (C=O) groups is 2. The number of imidazole rings is 1. The molecule has 2 aliphatic heterocycles. The molecule has 0 spiro atoms. The number of aliphatic hydroxyl groups is 1. The van der Waals surface area contributed by atoms with Crippen LogP contribution in [0.15, 0.2) is 66.6 Å². The monoisotopic (exact) mass is 991 g/mol. The number of phosphoric ester groups is 2. The Bertz CT molecular complexity index is 2370. The Hall–Kier alpha value is -4.24. The molecule has 9 N–H and O–H groups in total. The summed E-state index contributed by atoms with van der Waals surface area (Å²) in [5.41, 5.74) is 11.6. The van der Waals surface area contributed by atoms with Crippen molar-refractivity contribution in [3.8, 4) is 0 Å². The molecule has 0 radical (unpaired) electrons. The molecule has 0 saturated carbocycles. The Morgan fingerprint density at radius 1 is 1.07 bits per heavy atom. The molecule has 60 heavy (non-hydrogen) atoms. The number of ether oxygens (including phenoxy) is 3. The summed E-state index contributed by atoms with van der Waals surface area (Å²) in [5.74, 6) is -1.56. The van der Waals surface area contributed by atoms with Crippen LogP contribution in [0.25, 0.3) is 11.2 Å². The zero-order valence-corrected chi connectivity index (χ0v) is 35.1. The molecule has 24 nitrogen and oxygen atoms in total. The number of nitrogens with zero attached hydrogens (tertiary/aromatic N) is 6. The molecule has 4 aromatic rings. The summed E-state index contributed by atoms with van der Waals surface area (Å²) >= 11 is 2.08. The van der Waals surface area contributed by atoms with Gasteiger partial charge in [0.15, 0.2) is 23.8 Å². The van der Waals surface area contributed by atoms with Crippen LogP contribution in [0.1, 0.15) is 37.3 Å². The Balaban J connectivity index is 1.24. The van der Waals surface area contributed by atoms with Crippen LogP contribution < -0.4 is 22.5 Å². The smallest absolute Gasteiger partial charge is 0.455 e. The van der Waals surface area contributed by atoms with Crippen LogP contribution >= 0.6 is 38.2 Å². The molecular weight excluding hydrogens is 951 g/mol. The predicted octanol–water partition coefficient (Wildman–Crippen LogP) is 0.615. The number of hydrogen-bond donors (Lipinski definition) is 7. The van der Waals surface area contributed by atoms with E-state index in [0.29, 0.717) is 12.0 Å². The lowest BCUT2D eigenvalue weighted by Crippen LogP contribution is -2.47. The number of nitrogens with one attached hydrogen (secondary N) is 1. The van der Waals surface area contributed by atoms with Crippen molar-refractivity contribution in [1.29, 1.82) is 0 Å². The van der Waals surface area contributed by atoms with E-state index in [1.54, 1.807) is 24.3 Å². The molecule has 1 unspecified atom stereocenters. The molecule has 2 fully saturated rings. The van der Waals surface area contributed by atoms with Crippen molar-refractivity contribution in [1.82, 2.24) is 34.4 Å². The van der Waals surface area contributed by atoms with Gasteiger partial charge in [0.25, 0.3) is 0 Å². The third-order valence-electron chi connectivity index (χ3n) is 9.22. The van der Waals surface area contributed by atoms with Crippen molar-refractivity contribution in [2.24, 2.45) is 0 Å². The number of anilines is 2. The molecule has 2 saturated heterocycles. The first kappa shape index (κ1) is 45.3. The largest absolute Gasteiger partial charge is 0.472 e. The van der Waals surface area contributed by atoms with E-state index in [1.165, 1.54) is 23.2 Å². The average molecular weight is 992 g/mol. The van der Waals surface area contributed by atoms with E-state index in [1.807, 2.05) is 6.07 Å². The highest BCUT2D eigenvalue weighted by atomic mass is 127. The second kappa shape index (κ2) is 19.2. The number of nitrogen functional groups attached to an aromatic ring is 2. The average Bonchev–Trinajstić information content (AvgIpc) is 3.88. The molecule has 0 bridgehead atoms. The zero-order chi connectivity index (χ0) is 43.4. The minimum atomic E-state index is -5.22. The number of amides is 1. The molecule has 9 atom stereocenters. The van der Waals surface area contributed by atoms with Gasteiger partial charge in [-0.2, -0.15) is 4.98 Å². The number of fused-ring (bicyclic) bond motifs is 1. The third-order valence-corrected chi connectivity index (χ3v) is 11.8. The maximum atomic E-state index is 14.0. The maximum absolute atomic E-state index is 14.0. The lowest BCUT2D eigenvalue weighted by molar-refractivity contribution is -0.160. The Kier molecular flexibility index (Phi) is 14.5. The van der Waals surface area contributed by atoms with Crippen molar-refractivity contribution in [3.05, 3.63) is 81.5 Å². The number of carbonyl (C=O) groups excluding carboxylic acids is 2. The molecule has 324 valence electrons. The summed E-state index contributed by atoms with van der Waals surface area (Å²) in [6, 6.07) is 7.14. The lowest BCUT2D eigenvalue weighted by Gasteiger charge is -2.26. The first-order chi connectivity index (χ1) is 28.4. The van der Waals surface area contributed by atoms with E-state index in [9.17, 15) is 43.3 Å². The molecule has 2 aliphatic rings. The van der Waals surface area contributed by atoms with E-state index >= 15 is 0 Å². The number of halogens is 1. The summed E-state index contributed by atoms with van der Waals surface area (Å²) < 4.78 is 61.1. The van der Waals surface area contributed by atoms with Crippen LogP contribution in [0.5, 0.6) is 0 Å². The van der Waals surface area contributed by atoms with Gasteiger partial charge in [0, 0.05) is 29.0 Å². The lowest BCUT2D eigenvalue weighted by atomic mass is 10.0. The van der Waals surface area contributed by atoms with Gasteiger partial charge in [-0.05, 0) is 46.7 Å². The Morgan fingerprint density at radius 2 is 1.82 bits per heavy atom. The normalized spacial score (nSPS) is 24.5. The number of aliphatic hydroxyl groups excluding tert-OH is 1. The summed E-state index contributed by atoms with van der Waals surface area (Å²) in [6.45, 7) is 1.89. The number of benzene rings is 1. The fourth-order valence-electron chi connectivity index (χ4n) is 6.40. The van der Waals surface area contributed by atoms with E-state index < -0.39 is 95.4 Å². The van der Waals surface area contributed by atoms with Crippen molar-refractivity contribution in [2.45, 2.75) is 74.7 Å². The number of aromatic nitrogens is 6. The van der Waals surface area contributed by atoms with Gasteiger partial charge in [-0.3, -0.25) is 27.5 Å². The molecule has 5 heterocycles. The van der Waals surface area contributed by atoms with Gasteiger partial charge in [0.05, 0.1) is 19.5 Å². The van der Waals surface area contributed by atoms with E-state index in [0.717, 1.165) is 14.5 Å². The standard InChI is InChI=1S/C33H40IN9O15P2/c1-2-3-8-24(44)40-19(11-17-6-4-5-7-18(17)34)32(46)57-28-22(56-31(27(28)45)43-16-39-26-29(36)37-15-38-30(26)43)14-54-60(51,52)58-20-12-25(42-10-9-23(35)41-33(42)47)55-21(20)13-53-59(48,49)50/h2,4-7,9-10,15-16,19-22,25,27-28,31,45H,1,3,8,11-14H2,(H,40,44)(H,51,52)(H2,35,41,47)(H2,36,37,38)(H2,48,49,50)/t19-,20-,21+,22+,25+,27+,28+,31+/m0/s1. The van der Waals surface area contributed by atoms with Gasteiger partial charge in [-0.25, -0.2) is 33.7 Å². The minimum Gasteiger partial charge on any atom is -0.455 e. The number of esters is 1. The molecule has 1 aromatic carbocycles. The van der Waals surface area contributed by atoms with E-state index in [-0.39, 0.29) is 42.1 Å². The molecule has 27 heteroatoms. The summed E-state index contributed by atoms with van der Waals surface area (Å²) in [6.07, 6.45) is -5.24. The highest BCUT2D eigenvalue weighted by Crippen LogP contribution is 2.50. The van der Waals surface area contributed by atoms with Crippen LogP contribution in [0.3, 0.4) is 0 Å². The van der Waals surface area contributed by atoms with Crippen molar-refractivity contribution in [3.63, 3.8) is 0 Å². The molecular formula is C33H40IN9O15P2. The molecule has 6 rings (SSSR count). The van der Waals surface area contributed by atoms with Crippen LogP contribution in [0.4, 0.5) is 11.6 Å². The number of nitrogens with two attached hydrogens (primary N) is 2. The molecule has 0 aliphatic carbocycles. The fraction of sp³-hybridized carbons (Fsp3) is 0.424. The van der Waals surface area contributed by atoms with Crippen LogP contribution in [0.2, 0.25) is 0 Å². The second-order valence-corrected chi connectivity index (χ2v) is 17.2. The number of hydrogen-bond acceptors (Lipinski definition) is 18. The van der Waals surface area contributed by atoms with E-state index in [4.69, 9.17) is 34.7 Å². The van der Waals surface area contributed by atoms with E-state index in [2.05, 4.69) is 58.9 Å². The van der Waals surface area contributed by atoms with Gasteiger partial charge in [0.2, 0.25) is 5.91 Å². The summed E-state index contributed by atoms with van der Waals surface area (Å²) in [7, 11) is -10.3. The highest BCUT2D eigenvalue weighted by Gasteiger charge is 2.50. The molecule has 1 amide bonds. The Morgan fingerprint density at radius 3 is 2.53 bits per heavy atom. The second-order valence-electron chi connectivity index (χ2n) is 13.4. The first-order valence-corrected chi connectivity index (χ1v) is 22.0. The number of rotatable bonds is 18. The number of phosphoric acid groups is 2. The predicted molar refractivity (Wildman–Crippen MR) is 214 cm³/mol. The van der Waals surface area contributed by atoms with Crippen LogP contribution in [-0.2, 0) is 52.9 Å². The third kappa shape index (κ3) is 11.2. The van der Waals surface area contributed by atoms with Crippen LogP contribution in [0, 0.1) is 3.57 Å². The first-order valence-electron chi connectivity index (χ1n) is 17.9. The SMILES string of the molecule is C=CCCC(=O)N[C@@H](Cc1ccccc1I)C(=O)O[C@H]1[C@@H](O)[C@H](n2cnc3c(N)ncnc32)O[C@@H]1COP(=O)(O)O[C@H]1C[C@H](n2ccc(N)nc2=O)O[C@@H]1COP(=O)(O)O.